The summed E-state index contributed by atoms with van der Waals surface area (Å²) in [6.45, 7) is 0. The lowest BCUT2D eigenvalue weighted by Gasteiger charge is -1.96. The maximum atomic E-state index is 11.8. The Morgan fingerprint density at radius 3 is 2.94 bits per heavy atom. The highest BCUT2D eigenvalue weighted by Crippen LogP contribution is 2.25. The molecule has 7 heteroatoms. The first kappa shape index (κ1) is 10.7. The van der Waals surface area contributed by atoms with Crippen molar-refractivity contribution < 1.29 is 4.79 Å². The number of fused-ring (bicyclic) bond motifs is 1. The molecule has 0 aliphatic carbocycles. The summed E-state index contributed by atoms with van der Waals surface area (Å²) in [6, 6.07) is 9.17. The number of thiazole rings is 1. The van der Waals surface area contributed by atoms with Crippen LogP contribution in [-0.4, -0.2) is 21.1 Å². The molecule has 0 saturated heterocycles. The molecular formula is C11H9N5OS. The van der Waals surface area contributed by atoms with Crippen molar-refractivity contribution in [3.05, 3.63) is 36.0 Å². The van der Waals surface area contributed by atoms with Gasteiger partial charge in [-0.3, -0.25) is 15.2 Å². The first-order valence-corrected chi connectivity index (χ1v) is 6.02. The monoisotopic (exact) mass is 259 g/mol. The van der Waals surface area contributed by atoms with E-state index in [-0.39, 0.29) is 11.7 Å². The lowest BCUT2D eigenvalue weighted by atomic mass is 10.3. The minimum atomic E-state index is -0.307. The van der Waals surface area contributed by atoms with Gasteiger partial charge in [-0.05, 0) is 12.1 Å². The highest BCUT2D eigenvalue weighted by molar-refractivity contribution is 7.22. The van der Waals surface area contributed by atoms with Crippen LogP contribution in [0.3, 0.4) is 0 Å². The number of anilines is 2. The topological polar surface area (TPSA) is 96.7 Å². The predicted octanol–water partition coefficient (Wildman–Crippen LogP) is 1.85. The minimum Gasteiger partial charge on any atom is -0.382 e. The molecule has 18 heavy (non-hydrogen) atoms. The third-order valence-electron chi connectivity index (χ3n) is 2.36. The molecule has 0 radical (unpaired) electrons. The van der Waals surface area contributed by atoms with Gasteiger partial charge in [-0.1, -0.05) is 23.5 Å². The number of hydrogen-bond donors (Lipinski definition) is 3. The third-order valence-corrected chi connectivity index (χ3v) is 3.31. The zero-order valence-electron chi connectivity index (χ0n) is 9.18. The van der Waals surface area contributed by atoms with E-state index < -0.39 is 0 Å². The first-order chi connectivity index (χ1) is 8.72. The molecule has 0 fully saturated rings. The lowest BCUT2D eigenvalue weighted by molar-refractivity contribution is 0.102. The van der Waals surface area contributed by atoms with Gasteiger partial charge in [0.05, 0.1) is 10.2 Å². The largest absolute Gasteiger partial charge is 0.382 e. The van der Waals surface area contributed by atoms with Gasteiger partial charge in [-0.25, -0.2) is 4.98 Å². The fourth-order valence-corrected chi connectivity index (χ4v) is 2.40. The van der Waals surface area contributed by atoms with Crippen LogP contribution in [0, 0.1) is 0 Å². The standard InChI is InChI=1S/C11H9N5OS/c12-9-5-7(15-16-9)10(17)14-11-13-6-3-1-2-4-8(6)18-11/h1-5H,(H3,12,15,16)(H,13,14,17). The van der Waals surface area contributed by atoms with Crippen molar-refractivity contribution in [2.75, 3.05) is 11.1 Å². The zero-order chi connectivity index (χ0) is 12.5. The summed E-state index contributed by atoms with van der Waals surface area (Å²) < 4.78 is 1.02. The second-order valence-corrected chi connectivity index (χ2v) is 4.68. The Labute approximate surface area is 106 Å². The highest BCUT2D eigenvalue weighted by Gasteiger charge is 2.11. The van der Waals surface area contributed by atoms with E-state index in [1.54, 1.807) is 0 Å². The van der Waals surface area contributed by atoms with Crippen molar-refractivity contribution >= 4 is 38.4 Å². The fraction of sp³-hybridized carbons (Fsp3) is 0. The number of para-hydroxylation sites is 1. The summed E-state index contributed by atoms with van der Waals surface area (Å²) in [5.41, 5.74) is 6.61. The number of rotatable bonds is 2. The molecule has 0 unspecified atom stereocenters. The number of nitrogens with zero attached hydrogens (tertiary/aromatic N) is 2. The van der Waals surface area contributed by atoms with Gasteiger partial charge in [0.15, 0.2) is 5.13 Å². The Bertz CT molecular complexity index is 684. The summed E-state index contributed by atoms with van der Waals surface area (Å²) in [6.07, 6.45) is 0. The molecule has 3 aromatic rings. The number of carbonyl (C=O) groups is 1. The van der Waals surface area contributed by atoms with Crippen LogP contribution in [0.15, 0.2) is 30.3 Å². The molecule has 3 rings (SSSR count). The van der Waals surface area contributed by atoms with E-state index in [2.05, 4.69) is 20.5 Å². The summed E-state index contributed by atoms with van der Waals surface area (Å²) in [5, 5.41) is 9.50. The van der Waals surface area contributed by atoms with E-state index in [1.165, 1.54) is 17.4 Å². The number of aromatic amines is 1. The van der Waals surface area contributed by atoms with Gasteiger partial charge in [-0.15, -0.1) is 0 Å². The number of nitrogens with one attached hydrogen (secondary N) is 2. The van der Waals surface area contributed by atoms with Crippen molar-refractivity contribution in [3.63, 3.8) is 0 Å². The Balaban J connectivity index is 1.86. The molecule has 1 aromatic carbocycles. The van der Waals surface area contributed by atoms with Crippen LogP contribution in [0.5, 0.6) is 0 Å². The average molecular weight is 259 g/mol. The second-order valence-electron chi connectivity index (χ2n) is 3.65. The predicted molar refractivity (Wildman–Crippen MR) is 70.6 cm³/mol. The molecule has 4 N–H and O–H groups in total. The number of carbonyl (C=O) groups excluding carboxylic acids is 1. The molecule has 0 bridgehead atoms. The van der Waals surface area contributed by atoms with E-state index in [4.69, 9.17) is 5.73 Å². The van der Waals surface area contributed by atoms with Gasteiger partial charge in [0.1, 0.15) is 11.5 Å². The maximum absolute atomic E-state index is 11.8. The molecule has 90 valence electrons. The first-order valence-electron chi connectivity index (χ1n) is 5.20. The molecule has 0 atom stereocenters. The van der Waals surface area contributed by atoms with Crippen LogP contribution in [-0.2, 0) is 0 Å². The van der Waals surface area contributed by atoms with Crippen LogP contribution in [0.1, 0.15) is 10.5 Å². The Morgan fingerprint density at radius 1 is 1.39 bits per heavy atom. The fourth-order valence-electron chi connectivity index (χ4n) is 1.54. The molecular weight excluding hydrogens is 250 g/mol. The van der Waals surface area contributed by atoms with E-state index in [0.717, 1.165) is 10.2 Å². The van der Waals surface area contributed by atoms with Gasteiger partial charge in [0.2, 0.25) is 0 Å². The van der Waals surface area contributed by atoms with Crippen molar-refractivity contribution in [3.8, 4) is 0 Å². The lowest BCUT2D eigenvalue weighted by Crippen LogP contribution is -2.12. The number of hydrogen-bond acceptors (Lipinski definition) is 5. The number of benzene rings is 1. The van der Waals surface area contributed by atoms with Crippen molar-refractivity contribution in [2.24, 2.45) is 0 Å². The van der Waals surface area contributed by atoms with Crippen LogP contribution < -0.4 is 11.1 Å². The Kier molecular flexibility index (Phi) is 2.45. The van der Waals surface area contributed by atoms with Gasteiger partial charge >= 0.3 is 0 Å². The molecule has 6 nitrogen and oxygen atoms in total. The maximum Gasteiger partial charge on any atom is 0.275 e. The van der Waals surface area contributed by atoms with Crippen molar-refractivity contribution in [1.82, 2.24) is 15.2 Å². The molecule has 2 aromatic heterocycles. The molecule has 0 saturated carbocycles. The van der Waals surface area contributed by atoms with Crippen LogP contribution >= 0.6 is 11.3 Å². The average Bonchev–Trinajstić information content (AvgIpc) is 2.94. The van der Waals surface area contributed by atoms with E-state index in [1.807, 2.05) is 24.3 Å². The molecule has 0 aliphatic rings. The SMILES string of the molecule is Nc1cc(C(=O)Nc2nc3ccccc3s2)[nH]n1. The molecule has 1 amide bonds. The van der Waals surface area contributed by atoms with Crippen LogP contribution in [0.25, 0.3) is 10.2 Å². The van der Waals surface area contributed by atoms with Crippen LogP contribution in [0.2, 0.25) is 0 Å². The summed E-state index contributed by atoms with van der Waals surface area (Å²) in [7, 11) is 0. The number of nitrogen functional groups attached to an aromatic ring is 1. The molecule has 2 heterocycles. The van der Waals surface area contributed by atoms with E-state index in [0.29, 0.717) is 10.8 Å². The number of H-pyrrole nitrogens is 1. The smallest absolute Gasteiger partial charge is 0.275 e. The number of amides is 1. The van der Waals surface area contributed by atoms with Gasteiger partial charge < -0.3 is 5.73 Å². The summed E-state index contributed by atoms with van der Waals surface area (Å²) in [4.78, 5) is 16.1. The normalized spacial score (nSPS) is 10.7. The van der Waals surface area contributed by atoms with Crippen LogP contribution in [0.4, 0.5) is 10.9 Å². The minimum absolute atomic E-state index is 0.282. The second kappa shape index (κ2) is 4.11. The summed E-state index contributed by atoms with van der Waals surface area (Å²) in [5.74, 6) is -0.0253. The Morgan fingerprint density at radius 2 is 2.22 bits per heavy atom. The highest BCUT2D eigenvalue weighted by atomic mass is 32.1. The van der Waals surface area contributed by atoms with Gasteiger partial charge in [-0.2, -0.15) is 5.10 Å². The van der Waals surface area contributed by atoms with E-state index in [9.17, 15) is 4.79 Å². The number of aromatic nitrogens is 3. The van der Waals surface area contributed by atoms with Gasteiger partial charge in [0, 0.05) is 6.07 Å². The summed E-state index contributed by atoms with van der Waals surface area (Å²) >= 11 is 1.42. The molecule has 0 aliphatic heterocycles. The Hall–Kier alpha value is -2.41. The zero-order valence-corrected chi connectivity index (χ0v) is 9.99. The van der Waals surface area contributed by atoms with E-state index >= 15 is 0 Å². The van der Waals surface area contributed by atoms with Crippen molar-refractivity contribution in [1.29, 1.82) is 0 Å². The van der Waals surface area contributed by atoms with Gasteiger partial charge in [0.25, 0.3) is 5.91 Å². The molecule has 0 spiro atoms. The van der Waals surface area contributed by atoms with Crippen molar-refractivity contribution in [2.45, 2.75) is 0 Å². The quantitative estimate of drug-likeness (QED) is 0.654. The third kappa shape index (κ3) is 1.91. The number of nitrogens with two attached hydrogens (primary N) is 1.